The Bertz CT molecular complexity index is 227. The molecule has 18 heavy (non-hydrogen) atoms. The topological polar surface area (TPSA) is 12.0 Å². The first-order valence-corrected chi connectivity index (χ1v) is 5.80. The fraction of sp³-hybridized carbons (Fsp3) is 1.00. The molecule has 110 valence electrons. The van der Waals surface area contributed by atoms with Crippen LogP contribution in [-0.4, -0.2) is 23.9 Å². The van der Waals surface area contributed by atoms with Gasteiger partial charge in [-0.3, -0.25) is 0 Å². The first-order chi connectivity index (χ1) is 7.89. The second-order valence-electron chi connectivity index (χ2n) is 4.91. The molecule has 0 aliphatic heterocycles. The minimum atomic E-state index is -4.62. The van der Waals surface area contributed by atoms with E-state index in [1.165, 1.54) is 13.8 Å². The van der Waals surface area contributed by atoms with Crippen molar-refractivity contribution in [2.24, 2.45) is 0 Å². The Morgan fingerprint density at radius 1 is 0.889 bits per heavy atom. The van der Waals surface area contributed by atoms with Crippen LogP contribution in [0.4, 0.5) is 26.3 Å². The van der Waals surface area contributed by atoms with Crippen LogP contribution in [0.3, 0.4) is 0 Å². The maximum atomic E-state index is 12.5. The summed E-state index contributed by atoms with van der Waals surface area (Å²) < 4.78 is 75.0. The van der Waals surface area contributed by atoms with Crippen LogP contribution in [0.5, 0.6) is 0 Å². The fourth-order valence-electron chi connectivity index (χ4n) is 2.27. The largest absolute Gasteiger partial charge is 0.390 e. The van der Waals surface area contributed by atoms with Crippen molar-refractivity contribution in [3.8, 4) is 0 Å². The molecule has 0 heterocycles. The molecule has 0 aromatic rings. The summed E-state index contributed by atoms with van der Waals surface area (Å²) in [5.74, 6) is 0. The van der Waals surface area contributed by atoms with Crippen molar-refractivity contribution in [2.45, 2.75) is 70.4 Å². The monoisotopic (exact) mass is 279 g/mol. The van der Waals surface area contributed by atoms with E-state index in [2.05, 4.69) is 5.32 Å². The highest BCUT2D eigenvalue weighted by Gasteiger charge is 2.48. The molecule has 0 spiro atoms. The van der Waals surface area contributed by atoms with Crippen LogP contribution in [0.2, 0.25) is 0 Å². The van der Waals surface area contributed by atoms with Crippen molar-refractivity contribution < 1.29 is 26.3 Å². The molecular formula is C11H19F6N. The lowest BCUT2D eigenvalue weighted by Crippen LogP contribution is -2.53. The number of rotatable bonds is 6. The number of nitrogens with one attached hydrogen (secondary N) is 1. The molecule has 7 heteroatoms. The van der Waals surface area contributed by atoms with Crippen molar-refractivity contribution in [1.29, 1.82) is 0 Å². The number of hydrogen-bond acceptors (Lipinski definition) is 1. The molecule has 0 rings (SSSR count). The van der Waals surface area contributed by atoms with Crippen molar-refractivity contribution >= 4 is 0 Å². The summed E-state index contributed by atoms with van der Waals surface area (Å²) in [7, 11) is 0. The summed E-state index contributed by atoms with van der Waals surface area (Å²) in [4.78, 5) is 0. The zero-order valence-electron chi connectivity index (χ0n) is 10.7. The van der Waals surface area contributed by atoms with Gasteiger partial charge in [0.05, 0.1) is 12.8 Å². The van der Waals surface area contributed by atoms with Crippen molar-refractivity contribution in [3.05, 3.63) is 0 Å². The van der Waals surface area contributed by atoms with Gasteiger partial charge in [-0.1, -0.05) is 27.2 Å². The lowest BCUT2D eigenvalue weighted by Gasteiger charge is -2.38. The highest BCUT2D eigenvalue weighted by Crippen LogP contribution is 2.38. The minimum Gasteiger partial charge on any atom is -0.308 e. The normalized spacial score (nSPS) is 14.3. The third kappa shape index (κ3) is 7.79. The third-order valence-electron chi connectivity index (χ3n) is 2.40. The predicted molar refractivity (Wildman–Crippen MR) is 57.3 cm³/mol. The molecule has 0 aromatic carbocycles. The van der Waals surface area contributed by atoms with E-state index in [1.54, 1.807) is 6.92 Å². The molecule has 1 nitrogen and oxygen atoms in total. The zero-order valence-corrected chi connectivity index (χ0v) is 10.7. The average Bonchev–Trinajstić information content (AvgIpc) is 1.93. The van der Waals surface area contributed by atoms with Crippen LogP contribution in [-0.2, 0) is 0 Å². The Morgan fingerprint density at radius 3 is 1.50 bits per heavy atom. The van der Waals surface area contributed by atoms with E-state index in [4.69, 9.17) is 0 Å². The molecule has 0 fully saturated rings. The first-order valence-electron chi connectivity index (χ1n) is 5.80. The summed E-state index contributed by atoms with van der Waals surface area (Å²) in [5.41, 5.74) is -1.96. The molecule has 0 aliphatic carbocycles. The standard InChI is InChI=1S/C11H19F6N/c1-4-5-9(18-8(2)3,6-10(12,13)14)7-11(15,16)17/h8,18H,4-7H2,1-3H3. The second kappa shape index (κ2) is 6.12. The molecule has 0 aromatic heterocycles. The molecular weight excluding hydrogens is 260 g/mol. The van der Waals surface area contributed by atoms with Gasteiger partial charge in [-0.25, -0.2) is 0 Å². The quantitative estimate of drug-likeness (QED) is 0.709. The summed E-state index contributed by atoms with van der Waals surface area (Å²) in [6, 6.07) is -0.443. The van der Waals surface area contributed by atoms with E-state index in [-0.39, 0.29) is 12.8 Å². The van der Waals surface area contributed by atoms with Gasteiger partial charge in [0.1, 0.15) is 0 Å². The number of hydrogen-bond donors (Lipinski definition) is 1. The number of halogens is 6. The van der Waals surface area contributed by atoms with Gasteiger partial charge in [0.15, 0.2) is 0 Å². The van der Waals surface area contributed by atoms with Gasteiger partial charge in [0, 0.05) is 11.6 Å². The first kappa shape index (κ1) is 17.5. The predicted octanol–water partition coefficient (Wildman–Crippen LogP) is 4.43. The van der Waals surface area contributed by atoms with Crippen molar-refractivity contribution in [1.82, 2.24) is 5.32 Å². The summed E-state index contributed by atoms with van der Waals surface area (Å²) in [6.07, 6.45) is -12.1. The van der Waals surface area contributed by atoms with Crippen molar-refractivity contribution in [2.75, 3.05) is 0 Å². The van der Waals surface area contributed by atoms with Crippen molar-refractivity contribution in [3.63, 3.8) is 0 Å². The summed E-state index contributed by atoms with van der Waals surface area (Å²) in [6.45, 7) is 4.65. The maximum absolute atomic E-state index is 12.5. The SMILES string of the molecule is CCCC(CC(F)(F)F)(CC(F)(F)F)NC(C)C. The van der Waals surface area contributed by atoms with Crippen LogP contribution in [0.25, 0.3) is 0 Å². The maximum Gasteiger partial charge on any atom is 0.390 e. The molecule has 0 amide bonds. The third-order valence-corrected chi connectivity index (χ3v) is 2.40. The highest BCUT2D eigenvalue weighted by atomic mass is 19.4. The van der Waals surface area contributed by atoms with E-state index in [0.29, 0.717) is 0 Å². The Kier molecular flexibility index (Phi) is 5.97. The van der Waals surface area contributed by atoms with E-state index in [9.17, 15) is 26.3 Å². The van der Waals surface area contributed by atoms with Gasteiger partial charge < -0.3 is 5.32 Å². The molecule has 1 N–H and O–H groups in total. The average molecular weight is 279 g/mol. The van der Waals surface area contributed by atoms with Gasteiger partial charge >= 0.3 is 12.4 Å². The van der Waals surface area contributed by atoms with Crippen LogP contribution in [0, 0.1) is 0 Å². The Morgan fingerprint density at radius 2 is 1.28 bits per heavy atom. The van der Waals surface area contributed by atoms with E-state index in [0.717, 1.165) is 0 Å². The molecule has 0 bridgehead atoms. The van der Waals surface area contributed by atoms with E-state index < -0.39 is 36.8 Å². The van der Waals surface area contributed by atoms with Gasteiger partial charge in [-0.2, -0.15) is 26.3 Å². The Hall–Kier alpha value is -0.460. The summed E-state index contributed by atoms with van der Waals surface area (Å²) >= 11 is 0. The van der Waals surface area contributed by atoms with Gasteiger partial charge in [-0.05, 0) is 6.42 Å². The molecule has 0 atom stereocenters. The van der Waals surface area contributed by atoms with Gasteiger partial charge in [0.2, 0.25) is 0 Å². The Labute approximate surface area is 103 Å². The molecule has 0 radical (unpaired) electrons. The van der Waals surface area contributed by atoms with E-state index >= 15 is 0 Å². The molecule has 0 unspecified atom stereocenters. The van der Waals surface area contributed by atoms with E-state index in [1.807, 2.05) is 0 Å². The highest BCUT2D eigenvalue weighted by molar-refractivity contribution is 4.93. The Balaban J connectivity index is 5.14. The van der Waals surface area contributed by atoms with Crippen LogP contribution in [0.15, 0.2) is 0 Å². The smallest absolute Gasteiger partial charge is 0.308 e. The van der Waals surface area contributed by atoms with Crippen LogP contribution in [0.1, 0.15) is 46.5 Å². The lowest BCUT2D eigenvalue weighted by atomic mass is 9.85. The summed E-state index contributed by atoms with van der Waals surface area (Å²) in [5, 5.41) is 2.47. The number of alkyl halides is 6. The fourth-order valence-corrected chi connectivity index (χ4v) is 2.27. The van der Waals surface area contributed by atoms with Crippen LogP contribution >= 0.6 is 0 Å². The van der Waals surface area contributed by atoms with Gasteiger partial charge in [0.25, 0.3) is 0 Å². The van der Waals surface area contributed by atoms with Gasteiger partial charge in [-0.15, -0.1) is 0 Å². The second-order valence-corrected chi connectivity index (χ2v) is 4.91. The minimum absolute atomic E-state index is 0.163. The molecule has 0 saturated heterocycles. The molecule has 0 aliphatic rings. The van der Waals surface area contributed by atoms with Crippen LogP contribution < -0.4 is 5.32 Å². The lowest BCUT2D eigenvalue weighted by molar-refractivity contribution is -0.184. The molecule has 0 saturated carbocycles. The zero-order chi connectivity index (χ0) is 14.6.